The fourth-order valence-electron chi connectivity index (χ4n) is 2.15. The molecule has 1 saturated carbocycles. The molecule has 1 atom stereocenters. The van der Waals surface area contributed by atoms with Crippen molar-refractivity contribution in [1.82, 2.24) is 10.6 Å². The third-order valence-corrected chi connectivity index (χ3v) is 3.65. The molecule has 0 saturated heterocycles. The van der Waals surface area contributed by atoms with Gasteiger partial charge in [-0.15, -0.1) is 0 Å². The summed E-state index contributed by atoms with van der Waals surface area (Å²) in [4.78, 5) is 22.4. The number of hydrogen-bond acceptors (Lipinski definition) is 3. The Morgan fingerprint density at radius 2 is 1.79 bits per heavy atom. The molecule has 110 valence electrons. The van der Waals surface area contributed by atoms with Gasteiger partial charge in [0.15, 0.2) is 0 Å². The first-order valence-electron chi connectivity index (χ1n) is 6.85. The molecule has 1 aliphatic rings. The largest absolute Gasteiger partial charge is 0.481 e. The normalized spacial score (nSPS) is 24.8. The quantitative estimate of drug-likeness (QED) is 0.598. The van der Waals surface area contributed by atoms with Crippen LogP contribution in [-0.4, -0.2) is 40.9 Å². The van der Waals surface area contributed by atoms with Gasteiger partial charge in [0, 0.05) is 12.6 Å². The number of aliphatic hydroxyl groups is 1. The van der Waals surface area contributed by atoms with Crippen molar-refractivity contribution >= 4 is 12.0 Å². The minimum atomic E-state index is -0.747. The molecule has 1 unspecified atom stereocenters. The predicted octanol–water partition coefficient (Wildman–Crippen LogP) is 0.946. The molecule has 19 heavy (non-hydrogen) atoms. The van der Waals surface area contributed by atoms with E-state index in [0.29, 0.717) is 25.7 Å². The van der Waals surface area contributed by atoms with Gasteiger partial charge in [-0.1, -0.05) is 13.8 Å². The summed E-state index contributed by atoms with van der Waals surface area (Å²) in [5, 5.41) is 23.9. The molecule has 2 amide bonds. The maximum Gasteiger partial charge on any atom is 0.315 e. The first kappa shape index (κ1) is 15.8. The Hall–Kier alpha value is -1.30. The topological polar surface area (TPSA) is 98.7 Å². The minimum Gasteiger partial charge on any atom is -0.481 e. The van der Waals surface area contributed by atoms with Crippen molar-refractivity contribution in [3.8, 4) is 0 Å². The Morgan fingerprint density at radius 3 is 2.26 bits per heavy atom. The molecule has 1 aliphatic carbocycles. The highest BCUT2D eigenvalue weighted by molar-refractivity contribution is 5.74. The summed E-state index contributed by atoms with van der Waals surface area (Å²) in [7, 11) is 0. The van der Waals surface area contributed by atoms with Gasteiger partial charge < -0.3 is 20.8 Å². The average Bonchev–Trinajstić information content (AvgIpc) is 2.36. The van der Waals surface area contributed by atoms with Crippen LogP contribution < -0.4 is 10.6 Å². The van der Waals surface area contributed by atoms with Crippen molar-refractivity contribution in [2.24, 2.45) is 11.8 Å². The number of carbonyl (C=O) groups is 2. The maximum atomic E-state index is 11.6. The Balaban J connectivity index is 2.22. The van der Waals surface area contributed by atoms with Crippen LogP contribution >= 0.6 is 0 Å². The second-order valence-electron chi connectivity index (χ2n) is 5.55. The summed E-state index contributed by atoms with van der Waals surface area (Å²) >= 11 is 0. The third-order valence-electron chi connectivity index (χ3n) is 3.65. The van der Waals surface area contributed by atoms with E-state index < -0.39 is 12.1 Å². The SMILES string of the molecule is CC(C)C(O)CNC(=O)NC1CCC(C(=O)O)CC1. The summed E-state index contributed by atoms with van der Waals surface area (Å²) in [6.07, 6.45) is 2.05. The summed E-state index contributed by atoms with van der Waals surface area (Å²) in [6, 6.07) is -0.259. The van der Waals surface area contributed by atoms with E-state index >= 15 is 0 Å². The maximum absolute atomic E-state index is 11.6. The lowest BCUT2D eigenvalue weighted by atomic mass is 9.86. The van der Waals surface area contributed by atoms with Crippen molar-refractivity contribution in [3.63, 3.8) is 0 Å². The van der Waals surface area contributed by atoms with Crippen LogP contribution in [0.1, 0.15) is 39.5 Å². The average molecular weight is 272 g/mol. The van der Waals surface area contributed by atoms with Crippen molar-refractivity contribution in [2.75, 3.05) is 6.54 Å². The molecule has 0 bridgehead atoms. The number of hydrogen-bond donors (Lipinski definition) is 4. The van der Waals surface area contributed by atoms with Gasteiger partial charge in [0.25, 0.3) is 0 Å². The highest BCUT2D eigenvalue weighted by Gasteiger charge is 2.26. The van der Waals surface area contributed by atoms with Crippen molar-refractivity contribution < 1.29 is 19.8 Å². The number of carbonyl (C=O) groups excluding carboxylic acids is 1. The highest BCUT2D eigenvalue weighted by Crippen LogP contribution is 2.24. The van der Waals surface area contributed by atoms with E-state index in [1.807, 2.05) is 13.8 Å². The monoisotopic (exact) mass is 272 g/mol. The first-order chi connectivity index (χ1) is 8.90. The molecule has 6 heteroatoms. The lowest BCUT2D eigenvalue weighted by Crippen LogP contribution is -2.46. The summed E-state index contributed by atoms with van der Waals surface area (Å²) < 4.78 is 0. The lowest BCUT2D eigenvalue weighted by molar-refractivity contribution is -0.142. The zero-order valence-electron chi connectivity index (χ0n) is 11.6. The van der Waals surface area contributed by atoms with Gasteiger partial charge in [0.2, 0.25) is 0 Å². The number of aliphatic hydroxyl groups excluding tert-OH is 1. The molecule has 0 aromatic carbocycles. The third kappa shape index (κ3) is 5.46. The van der Waals surface area contributed by atoms with Crippen molar-refractivity contribution in [1.29, 1.82) is 0 Å². The molecular formula is C13H24N2O4. The highest BCUT2D eigenvalue weighted by atomic mass is 16.4. The number of carboxylic acids is 1. The molecule has 0 heterocycles. The Bertz CT molecular complexity index is 312. The zero-order chi connectivity index (χ0) is 14.4. The van der Waals surface area contributed by atoms with Crippen LogP contribution in [0.3, 0.4) is 0 Å². The molecule has 0 aliphatic heterocycles. The number of carboxylic acid groups (broad SMARTS) is 1. The molecule has 4 N–H and O–H groups in total. The van der Waals surface area contributed by atoms with Crippen molar-refractivity contribution in [3.05, 3.63) is 0 Å². The van der Waals surface area contributed by atoms with Gasteiger partial charge in [0.1, 0.15) is 0 Å². The number of aliphatic carboxylic acids is 1. The van der Waals surface area contributed by atoms with Crippen molar-refractivity contribution in [2.45, 2.75) is 51.7 Å². The Labute approximate surface area is 113 Å². The van der Waals surface area contributed by atoms with Gasteiger partial charge in [-0.05, 0) is 31.6 Å². The molecule has 6 nitrogen and oxygen atoms in total. The Morgan fingerprint density at radius 1 is 1.21 bits per heavy atom. The predicted molar refractivity (Wildman–Crippen MR) is 70.8 cm³/mol. The molecule has 0 aromatic rings. The molecular weight excluding hydrogens is 248 g/mol. The summed E-state index contributed by atoms with van der Waals surface area (Å²) in [5.74, 6) is -0.918. The van der Waals surface area contributed by atoms with Gasteiger partial charge in [0.05, 0.1) is 12.0 Å². The fourth-order valence-corrected chi connectivity index (χ4v) is 2.15. The molecule has 0 spiro atoms. The molecule has 1 fully saturated rings. The Kier molecular flexibility index (Phi) is 6.08. The van der Waals surface area contributed by atoms with Crippen LogP contribution in [0, 0.1) is 11.8 Å². The summed E-state index contributed by atoms with van der Waals surface area (Å²) in [6.45, 7) is 4.00. The lowest BCUT2D eigenvalue weighted by Gasteiger charge is -2.27. The first-order valence-corrected chi connectivity index (χ1v) is 6.85. The van der Waals surface area contributed by atoms with E-state index in [1.165, 1.54) is 0 Å². The second-order valence-corrected chi connectivity index (χ2v) is 5.55. The minimum absolute atomic E-state index is 0.0341. The second kappa shape index (κ2) is 7.33. The molecule has 0 radical (unpaired) electrons. The van der Waals surface area contributed by atoms with E-state index in [9.17, 15) is 14.7 Å². The van der Waals surface area contributed by atoms with E-state index in [1.54, 1.807) is 0 Å². The van der Waals surface area contributed by atoms with Gasteiger partial charge >= 0.3 is 12.0 Å². The number of urea groups is 1. The number of nitrogens with one attached hydrogen (secondary N) is 2. The standard InChI is InChI=1S/C13H24N2O4/c1-8(2)11(16)7-14-13(19)15-10-5-3-9(4-6-10)12(17)18/h8-11,16H,3-7H2,1-2H3,(H,17,18)(H2,14,15,19). The van der Waals surface area contributed by atoms with E-state index in [2.05, 4.69) is 10.6 Å². The number of amides is 2. The van der Waals surface area contributed by atoms with Crippen LogP contribution in [0.5, 0.6) is 0 Å². The van der Waals surface area contributed by atoms with E-state index in [-0.39, 0.29) is 30.5 Å². The fraction of sp³-hybridized carbons (Fsp3) is 0.846. The smallest absolute Gasteiger partial charge is 0.315 e. The molecule has 1 rings (SSSR count). The van der Waals surface area contributed by atoms with Crippen LogP contribution in [0.15, 0.2) is 0 Å². The van der Waals surface area contributed by atoms with Gasteiger partial charge in [-0.25, -0.2) is 4.79 Å². The van der Waals surface area contributed by atoms with Gasteiger partial charge in [-0.3, -0.25) is 4.79 Å². The van der Waals surface area contributed by atoms with E-state index in [4.69, 9.17) is 5.11 Å². The number of rotatable bonds is 5. The van der Waals surface area contributed by atoms with E-state index in [0.717, 1.165) is 0 Å². The van der Waals surface area contributed by atoms with Crippen LogP contribution in [-0.2, 0) is 4.79 Å². The van der Waals surface area contributed by atoms with Crippen LogP contribution in [0.25, 0.3) is 0 Å². The summed E-state index contributed by atoms with van der Waals surface area (Å²) in [5.41, 5.74) is 0. The van der Waals surface area contributed by atoms with Crippen LogP contribution in [0.2, 0.25) is 0 Å². The van der Waals surface area contributed by atoms with Gasteiger partial charge in [-0.2, -0.15) is 0 Å². The molecule has 0 aromatic heterocycles. The van der Waals surface area contributed by atoms with Crippen LogP contribution in [0.4, 0.5) is 4.79 Å². The zero-order valence-corrected chi connectivity index (χ0v) is 11.6.